The highest BCUT2D eigenvalue weighted by molar-refractivity contribution is 6.35. The number of nitrogen functional groups attached to an aromatic ring is 1. The lowest BCUT2D eigenvalue weighted by molar-refractivity contribution is 0.0199. The smallest absolute Gasteiger partial charge is 0.410 e. The maximum Gasteiger partial charge on any atom is 0.410 e. The fourth-order valence-electron chi connectivity index (χ4n) is 3.09. The number of hydrogen-bond acceptors (Lipinski definition) is 5. The number of halogens is 1. The molecule has 0 radical (unpaired) electrons. The van der Waals surface area contributed by atoms with Crippen molar-refractivity contribution in [2.45, 2.75) is 45.3 Å². The first-order valence-electron chi connectivity index (χ1n) is 8.89. The SMILES string of the molecule is CC(C)(C)OC(=O)N1CCC(NC(=O)c2cc(Cl)c(N)c3ccoc23)CC1. The molecule has 0 atom stereocenters. The zero-order valence-corrected chi connectivity index (χ0v) is 16.4. The minimum Gasteiger partial charge on any atom is -0.463 e. The fraction of sp³-hybridized carbons (Fsp3) is 0.474. The van der Waals surface area contributed by atoms with E-state index in [0.29, 0.717) is 53.2 Å². The lowest BCUT2D eigenvalue weighted by atomic mass is 10.0. The molecule has 146 valence electrons. The van der Waals surface area contributed by atoms with E-state index in [-0.39, 0.29) is 18.0 Å². The van der Waals surface area contributed by atoms with E-state index < -0.39 is 5.60 Å². The Labute approximate surface area is 162 Å². The van der Waals surface area contributed by atoms with Gasteiger partial charge in [0.2, 0.25) is 0 Å². The molecule has 0 aliphatic carbocycles. The van der Waals surface area contributed by atoms with E-state index in [1.165, 1.54) is 12.3 Å². The van der Waals surface area contributed by atoms with Gasteiger partial charge in [-0.25, -0.2) is 4.79 Å². The van der Waals surface area contributed by atoms with Crippen LogP contribution < -0.4 is 11.1 Å². The highest BCUT2D eigenvalue weighted by Crippen LogP contribution is 2.32. The van der Waals surface area contributed by atoms with Crippen molar-refractivity contribution in [2.24, 2.45) is 0 Å². The Bertz CT molecular complexity index is 864. The summed E-state index contributed by atoms with van der Waals surface area (Å²) in [5.74, 6) is -0.271. The van der Waals surface area contributed by atoms with Crippen LogP contribution in [0.5, 0.6) is 0 Å². The van der Waals surface area contributed by atoms with Crippen LogP contribution in [0, 0.1) is 0 Å². The van der Waals surface area contributed by atoms with Gasteiger partial charge in [-0.2, -0.15) is 0 Å². The third-order valence-electron chi connectivity index (χ3n) is 4.45. The van der Waals surface area contributed by atoms with Crippen LogP contribution >= 0.6 is 11.6 Å². The van der Waals surface area contributed by atoms with Gasteiger partial charge in [-0.1, -0.05) is 11.6 Å². The summed E-state index contributed by atoms with van der Waals surface area (Å²) in [6.45, 7) is 6.57. The van der Waals surface area contributed by atoms with Crippen molar-refractivity contribution in [3.05, 3.63) is 29.0 Å². The van der Waals surface area contributed by atoms with E-state index in [0.717, 1.165) is 0 Å². The summed E-state index contributed by atoms with van der Waals surface area (Å²) in [5.41, 5.74) is 6.57. The van der Waals surface area contributed by atoms with Gasteiger partial charge in [0.15, 0.2) is 0 Å². The van der Waals surface area contributed by atoms with E-state index in [1.54, 1.807) is 11.0 Å². The topological polar surface area (TPSA) is 97.8 Å². The number of rotatable bonds is 2. The Kier molecular flexibility index (Phi) is 5.24. The summed E-state index contributed by atoms with van der Waals surface area (Å²) in [6, 6.07) is 3.16. The summed E-state index contributed by atoms with van der Waals surface area (Å²) in [4.78, 5) is 26.5. The minimum absolute atomic E-state index is 0.0440. The van der Waals surface area contributed by atoms with Crippen LogP contribution in [0.1, 0.15) is 44.0 Å². The van der Waals surface area contributed by atoms with Crippen LogP contribution in [0.3, 0.4) is 0 Å². The number of ether oxygens (including phenoxy) is 1. The van der Waals surface area contributed by atoms with Gasteiger partial charge in [-0.3, -0.25) is 4.79 Å². The molecule has 3 N–H and O–H groups in total. The monoisotopic (exact) mass is 393 g/mol. The average Bonchev–Trinajstić information content (AvgIpc) is 3.07. The van der Waals surface area contributed by atoms with E-state index in [1.807, 2.05) is 20.8 Å². The molecule has 27 heavy (non-hydrogen) atoms. The van der Waals surface area contributed by atoms with E-state index in [4.69, 9.17) is 26.5 Å². The minimum atomic E-state index is -0.523. The van der Waals surface area contributed by atoms with Gasteiger partial charge in [0.05, 0.1) is 22.5 Å². The van der Waals surface area contributed by atoms with Gasteiger partial charge in [0.1, 0.15) is 11.2 Å². The normalized spacial score (nSPS) is 15.8. The first-order chi connectivity index (χ1) is 12.7. The van der Waals surface area contributed by atoms with Gasteiger partial charge < -0.3 is 25.1 Å². The lowest BCUT2D eigenvalue weighted by Crippen LogP contribution is -2.47. The zero-order chi connectivity index (χ0) is 19.8. The number of hydrogen-bond donors (Lipinski definition) is 2. The van der Waals surface area contributed by atoms with Crippen molar-refractivity contribution in [3.63, 3.8) is 0 Å². The number of nitrogens with zero attached hydrogens (tertiary/aromatic N) is 1. The third kappa shape index (κ3) is 4.30. The number of piperidine rings is 1. The number of benzene rings is 1. The Balaban J connectivity index is 1.63. The molecule has 1 fully saturated rings. The van der Waals surface area contributed by atoms with Crippen LogP contribution in [0.4, 0.5) is 10.5 Å². The molecule has 0 unspecified atom stereocenters. The first kappa shape index (κ1) is 19.4. The average molecular weight is 394 g/mol. The molecule has 2 heterocycles. The van der Waals surface area contributed by atoms with Crippen LogP contribution in [-0.2, 0) is 4.74 Å². The Morgan fingerprint density at radius 2 is 2.00 bits per heavy atom. The molecule has 8 heteroatoms. The lowest BCUT2D eigenvalue weighted by Gasteiger charge is -2.33. The van der Waals surface area contributed by atoms with E-state index >= 15 is 0 Å². The summed E-state index contributed by atoms with van der Waals surface area (Å²) in [5, 5.41) is 3.93. The van der Waals surface area contributed by atoms with Crippen molar-refractivity contribution in [1.29, 1.82) is 0 Å². The number of amides is 2. The number of nitrogens with two attached hydrogens (primary N) is 1. The number of likely N-dealkylation sites (tertiary alicyclic amines) is 1. The summed E-state index contributed by atoms with van der Waals surface area (Å²) >= 11 is 6.14. The summed E-state index contributed by atoms with van der Waals surface area (Å²) in [7, 11) is 0. The van der Waals surface area contributed by atoms with Crippen molar-refractivity contribution in [1.82, 2.24) is 10.2 Å². The Hall–Kier alpha value is -2.41. The second kappa shape index (κ2) is 7.31. The molecule has 1 aliphatic rings. The van der Waals surface area contributed by atoms with Gasteiger partial charge >= 0.3 is 6.09 Å². The number of carbonyl (C=O) groups excluding carboxylic acids is 2. The maximum absolute atomic E-state index is 12.7. The molecule has 0 spiro atoms. The van der Waals surface area contributed by atoms with Gasteiger partial charge in [-0.15, -0.1) is 0 Å². The van der Waals surface area contributed by atoms with E-state index in [9.17, 15) is 9.59 Å². The molecule has 1 aliphatic heterocycles. The van der Waals surface area contributed by atoms with Crippen molar-refractivity contribution >= 4 is 40.3 Å². The molecular weight excluding hydrogens is 370 g/mol. The van der Waals surface area contributed by atoms with Crippen molar-refractivity contribution in [2.75, 3.05) is 18.8 Å². The van der Waals surface area contributed by atoms with Crippen LogP contribution in [0.25, 0.3) is 11.0 Å². The maximum atomic E-state index is 12.7. The molecule has 1 aromatic heterocycles. The highest BCUT2D eigenvalue weighted by Gasteiger charge is 2.28. The number of anilines is 1. The standard InChI is InChI=1S/C19H24ClN3O4/c1-19(2,3)27-18(25)23-7-4-11(5-8-23)22-17(24)13-10-14(20)15(21)12-6-9-26-16(12)13/h6,9-11H,4-5,7-8,21H2,1-3H3,(H,22,24). The summed E-state index contributed by atoms with van der Waals surface area (Å²) < 4.78 is 10.8. The molecule has 3 rings (SSSR count). The summed E-state index contributed by atoms with van der Waals surface area (Å²) in [6.07, 6.45) is 2.45. The molecule has 7 nitrogen and oxygen atoms in total. The quantitative estimate of drug-likeness (QED) is 0.756. The largest absolute Gasteiger partial charge is 0.463 e. The van der Waals surface area contributed by atoms with Crippen LogP contribution in [-0.4, -0.2) is 41.6 Å². The number of fused-ring (bicyclic) bond motifs is 1. The van der Waals surface area contributed by atoms with Gasteiger partial charge in [0.25, 0.3) is 5.91 Å². The Morgan fingerprint density at radius 1 is 1.33 bits per heavy atom. The second-order valence-corrected chi connectivity index (χ2v) is 8.11. The molecule has 1 saturated heterocycles. The van der Waals surface area contributed by atoms with Crippen molar-refractivity contribution in [3.8, 4) is 0 Å². The molecule has 1 aromatic carbocycles. The Morgan fingerprint density at radius 3 is 2.63 bits per heavy atom. The van der Waals surface area contributed by atoms with Gasteiger partial charge in [0, 0.05) is 24.5 Å². The first-order valence-corrected chi connectivity index (χ1v) is 9.27. The fourth-order valence-corrected chi connectivity index (χ4v) is 3.30. The molecule has 0 bridgehead atoms. The highest BCUT2D eigenvalue weighted by atomic mass is 35.5. The van der Waals surface area contributed by atoms with E-state index in [2.05, 4.69) is 5.32 Å². The second-order valence-electron chi connectivity index (χ2n) is 7.70. The number of nitrogens with one attached hydrogen (secondary N) is 1. The number of carbonyl (C=O) groups is 2. The molecule has 2 aromatic rings. The third-order valence-corrected chi connectivity index (χ3v) is 4.77. The number of furan rings is 1. The molecular formula is C19H24ClN3O4. The van der Waals surface area contributed by atoms with Gasteiger partial charge in [-0.05, 0) is 45.7 Å². The predicted molar refractivity (Wildman–Crippen MR) is 104 cm³/mol. The van der Waals surface area contributed by atoms with Crippen LogP contribution in [0.2, 0.25) is 5.02 Å². The predicted octanol–water partition coefficient (Wildman–Crippen LogP) is 3.80. The molecule has 0 saturated carbocycles. The zero-order valence-electron chi connectivity index (χ0n) is 15.7. The van der Waals surface area contributed by atoms with Crippen molar-refractivity contribution < 1.29 is 18.7 Å². The van der Waals surface area contributed by atoms with Crippen LogP contribution in [0.15, 0.2) is 22.8 Å². The molecule has 2 amide bonds.